The van der Waals surface area contributed by atoms with Crippen LogP contribution < -0.4 is 9.64 Å². The van der Waals surface area contributed by atoms with Crippen LogP contribution in [0.25, 0.3) is 0 Å². The Labute approximate surface area is 178 Å². The molecule has 0 spiro atoms. The minimum absolute atomic E-state index is 0.226. The van der Waals surface area contributed by atoms with Crippen LogP contribution in [-0.2, 0) is 4.79 Å². The van der Waals surface area contributed by atoms with Crippen molar-refractivity contribution in [3.63, 3.8) is 0 Å². The van der Waals surface area contributed by atoms with Gasteiger partial charge in [-0.3, -0.25) is 9.69 Å². The molecule has 1 atom stereocenters. The summed E-state index contributed by atoms with van der Waals surface area (Å²) in [5.74, 6) is 1.84. The zero-order valence-corrected chi connectivity index (χ0v) is 17.7. The molecule has 0 radical (unpaired) electrons. The predicted molar refractivity (Wildman–Crippen MR) is 117 cm³/mol. The molecule has 1 aromatic heterocycles. The van der Waals surface area contributed by atoms with E-state index in [1.807, 2.05) is 23.1 Å². The van der Waals surface area contributed by atoms with Gasteiger partial charge in [0.2, 0.25) is 11.9 Å². The molecule has 2 aliphatic heterocycles. The SMILES string of the molecule is COc1ccc([C@H]2CCCCCN2CC(=O)N2CCN(c3ncccn3)CC2)cc1. The average Bonchev–Trinajstić information content (AvgIpc) is 3.05. The molecular formula is C23H31N5O2. The van der Waals surface area contributed by atoms with Crippen LogP contribution in [0.15, 0.2) is 42.7 Å². The number of rotatable bonds is 5. The summed E-state index contributed by atoms with van der Waals surface area (Å²) in [5, 5.41) is 0. The third-order valence-electron chi connectivity index (χ3n) is 6.17. The van der Waals surface area contributed by atoms with Crippen LogP contribution in [0.3, 0.4) is 0 Å². The van der Waals surface area contributed by atoms with Gasteiger partial charge in [0.15, 0.2) is 0 Å². The summed E-state index contributed by atoms with van der Waals surface area (Å²) >= 11 is 0. The van der Waals surface area contributed by atoms with Crippen LogP contribution in [0.4, 0.5) is 5.95 Å². The van der Waals surface area contributed by atoms with Crippen molar-refractivity contribution in [1.82, 2.24) is 19.8 Å². The molecule has 0 bridgehead atoms. The lowest BCUT2D eigenvalue weighted by molar-refractivity contribution is -0.133. The second kappa shape index (κ2) is 9.89. The van der Waals surface area contributed by atoms with Gasteiger partial charge in [-0.2, -0.15) is 0 Å². The Hall–Kier alpha value is -2.67. The van der Waals surface area contributed by atoms with Crippen LogP contribution in [0, 0.1) is 0 Å². The highest BCUT2D eigenvalue weighted by atomic mass is 16.5. The second-order valence-electron chi connectivity index (χ2n) is 8.03. The summed E-state index contributed by atoms with van der Waals surface area (Å²) in [6.07, 6.45) is 8.21. The number of aromatic nitrogens is 2. The zero-order valence-electron chi connectivity index (χ0n) is 17.7. The molecule has 2 fully saturated rings. The number of methoxy groups -OCH3 is 1. The number of nitrogens with zero attached hydrogens (tertiary/aromatic N) is 5. The Kier molecular flexibility index (Phi) is 6.79. The van der Waals surface area contributed by atoms with E-state index in [-0.39, 0.29) is 5.91 Å². The van der Waals surface area contributed by atoms with Crippen molar-refractivity contribution in [1.29, 1.82) is 0 Å². The topological polar surface area (TPSA) is 61.8 Å². The molecule has 7 heteroatoms. The number of benzene rings is 1. The first kappa shape index (κ1) is 20.6. The monoisotopic (exact) mass is 409 g/mol. The number of hydrogen-bond acceptors (Lipinski definition) is 6. The Morgan fingerprint density at radius 1 is 1.00 bits per heavy atom. The number of carbonyl (C=O) groups is 1. The molecule has 2 aromatic rings. The Bertz CT molecular complexity index is 806. The van der Waals surface area contributed by atoms with Gasteiger partial charge >= 0.3 is 0 Å². The fourth-order valence-electron chi connectivity index (χ4n) is 4.44. The van der Waals surface area contributed by atoms with Crippen molar-refractivity contribution in [2.24, 2.45) is 0 Å². The average molecular weight is 410 g/mol. The van der Waals surface area contributed by atoms with Gasteiger partial charge in [0.05, 0.1) is 13.7 Å². The second-order valence-corrected chi connectivity index (χ2v) is 8.03. The summed E-state index contributed by atoms with van der Waals surface area (Å²) in [5.41, 5.74) is 1.27. The van der Waals surface area contributed by atoms with E-state index in [9.17, 15) is 4.79 Å². The number of ether oxygens (including phenoxy) is 1. The number of piperazine rings is 1. The minimum Gasteiger partial charge on any atom is -0.497 e. The van der Waals surface area contributed by atoms with Crippen LogP contribution in [0.1, 0.15) is 37.3 Å². The normalized spacial score (nSPS) is 20.6. The molecule has 0 aliphatic carbocycles. The fourth-order valence-corrected chi connectivity index (χ4v) is 4.44. The van der Waals surface area contributed by atoms with Gasteiger partial charge in [-0.1, -0.05) is 25.0 Å². The summed E-state index contributed by atoms with van der Waals surface area (Å²) in [4.78, 5) is 28.3. The Balaban J connectivity index is 1.38. The van der Waals surface area contributed by atoms with Crippen LogP contribution in [-0.4, -0.2) is 72.1 Å². The molecule has 3 heterocycles. The van der Waals surface area contributed by atoms with E-state index in [0.717, 1.165) is 57.3 Å². The molecule has 4 rings (SSSR count). The molecule has 160 valence electrons. The highest BCUT2D eigenvalue weighted by Crippen LogP contribution is 2.31. The van der Waals surface area contributed by atoms with E-state index in [2.05, 4.69) is 31.9 Å². The summed E-state index contributed by atoms with van der Waals surface area (Å²) in [6, 6.07) is 10.4. The Morgan fingerprint density at radius 3 is 2.43 bits per heavy atom. The van der Waals surface area contributed by atoms with Crippen molar-refractivity contribution < 1.29 is 9.53 Å². The summed E-state index contributed by atoms with van der Waals surface area (Å²) in [6.45, 7) is 4.45. The van der Waals surface area contributed by atoms with Gasteiger partial charge in [-0.15, -0.1) is 0 Å². The third kappa shape index (κ3) is 4.90. The van der Waals surface area contributed by atoms with Gasteiger partial charge in [0, 0.05) is 44.6 Å². The highest BCUT2D eigenvalue weighted by molar-refractivity contribution is 5.78. The largest absolute Gasteiger partial charge is 0.497 e. The summed E-state index contributed by atoms with van der Waals surface area (Å²) in [7, 11) is 1.69. The van der Waals surface area contributed by atoms with Gasteiger partial charge in [0.25, 0.3) is 0 Å². The molecule has 0 N–H and O–H groups in total. The quantitative estimate of drug-likeness (QED) is 0.757. The Morgan fingerprint density at radius 2 is 1.73 bits per heavy atom. The predicted octanol–water partition coefficient (Wildman–Crippen LogP) is 2.75. The standard InChI is InChI=1S/C23H31N5O2/c1-30-20-9-7-19(8-10-20)21-6-3-2-4-13-28(21)18-22(29)26-14-16-27(17-15-26)23-24-11-5-12-25-23/h5,7-12,21H,2-4,6,13-18H2,1H3/t21-/m1/s1. The maximum Gasteiger partial charge on any atom is 0.236 e. The first-order valence-corrected chi connectivity index (χ1v) is 10.9. The lowest BCUT2D eigenvalue weighted by Crippen LogP contribution is -2.52. The number of hydrogen-bond donors (Lipinski definition) is 0. The molecule has 2 saturated heterocycles. The first-order valence-electron chi connectivity index (χ1n) is 10.9. The number of likely N-dealkylation sites (tertiary alicyclic amines) is 1. The van der Waals surface area contributed by atoms with Gasteiger partial charge in [-0.05, 0) is 43.1 Å². The van der Waals surface area contributed by atoms with E-state index in [4.69, 9.17) is 4.74 Å². The summed E-state index contributed by atoms with van der Waals surface area (Å²) < 4.78 is 5.31. The van der Waals surface area contributed by atoms with E-state index >= 15 is 0 Å². The lowest BCUT2D eigenvalue weighted by atomic mass is 10.0. The number of carbonyl (C=O) groups excluding carboxylic acids is 1. The fraction of sp³-hybridized carbons (Fsp3) is 0.522. The molecule has 1 amide bonds. The van der Waals surface area contributed by atoms with Gasteiger partial charge in [-0.25, -0.2) is 9.97 Å². The van der Waals surface area contributed by atoms with E-state index in [1.165, 1.54) is 18.4 Å². The van der Waals surface area contributed by atoms with E-state index in [1.54, 1.807) is 19.5 Å². The zero-order chi connectivity index (χ0) is 20.8. The van der Waals surface area contributed by atoms with Crippen molar-refractivity contribution in [3.05, 3.63) is 48.3 Å². The molecule has 2 aliphatic rings. The van der Waals surface area contributed by atoms with Crippen LogP contribution in [0.2, 0.25) is 0 Å². The highest BCUT2D eigenvalue weighted by Gasteiger charge is 2.28. The smallest absolute Gasteiger partial charge is 0.236 e. The third-order valence-corrected chi connectivity index (χ3v) is 6.17. The molecule has 0 unspecified atom stereocenters. The van der Waals surface area contributed by atoms with Gasteiger partial charge in [0.1, 0.15) is 5.75 Å². The van der Waals surface area contributed by atoms with E-state index in [0.29, 0.717) is 12.6 Å². The molecule has 1 aromatic carbocycles. The molecule has 7 nitrogen and oxygen atoms in total. The minimum atomic E-state index is 0.226. The van der Waals surface area contributed by atoms with Gasteiger partial charge < -0.3 is 14.5 Å². The maximum absolute atomic E-state index is 13.1. The first-order chi connectivity index (χ1) is 14.7. The van der Waals surface area contributed by atoms with Crippen molar-refractivity contribution >= 4 is 11.9 Å². The van der Waals surface area contributed by atoms with Crippen molar-refractivity contribution in [2.45, 2.75) is 31.7 Å². The lowest BCUT2D eigenvalue weighted by Gasteiger charge is -2.37. The van der Waals surface area contributed by atoms with Crippen LogP contribution >= 0.6 is 0 Å². The van der Waals surface area contributed by atoms with Crippen LogP contribution in [0.5, 0.6) is 5.75 Å². The molecule has 30 heavy (non-hydrogen) atoms. The van der Waals surface area contributed by atoms with Crippen molar-refractivity contribution in [2.75, 3.05) is 51.3 Å². The molecular weight excluding hydrogens is 378 g/mol. The van der Waals surface area contributed by atoms with E-state index < -0.39 is 0 Å². The molecule has 0 saturated carbocycles. The maximum atomic E-state index is 13.1. The van der Waals surface area contributed by atoms with Crippen molar-refractivity contribution in [3.8, 4) is 5.75 Å². The number of anilines is 1. The number of amides is 1.